The summed E-state index contributed by atoms with van der Waals surface area (Å²) in [6.07, 6.45) is 0.370. The van der Waals surface area contributed by atoms with Crippen LogP contribution in [-0.4, -0.2) is 54.0 Å². The molecule has 5 heteroatoms. The van der Waals surface area contributed by atoms with Gasteiger partial charge in [-0.25, -0.2) is 0 Å². The number of Topliss-reactive ketones (excluding diaryl/α,β-unsaturated/α-hetero) is 1. The second kappa shape index (κ2) is 6.45. The largest absolute Gasteiger partial charge is 0.392 e. The van der Waals surface area contributed by atoms with Crippen LogP contribution in [0.4, 0.5) is 0 Å². The van der Waals surface area contributed by atoms with E-state index in [0.29, 0.717) is 18.5 Å². The van der Waals surface area contributed by atoms with Crippen molar-refractivity contribution < 1.29 is 14.7 Å². The summed E-state index contributed by atoms with van der Waals surface area (Å²) < 4.78 is 0. The fraction of sp³-hybridized carbons (Fsp3) is 0.429. The molecular formula is C14H18N2O3. The van der Waals surface area contributed by atoms with E-state index in [4.69, 9.17) is 0 Å². The molecule has 1 unspecified atom stereocenters. The van der Waals surface area contributed by atoms with Gasteiger partial charge in [0.05, 0.1) is 19.2 Å². The number of amides is 1. The molecule has 1 aliphatic heterocycles. The summed E-state index contributed by atoms with van der Waals surface area (Å²) in [6, 6.07) is 8.88. The monoisotopic (exact) mass is 262 g/mol. The average molecular weight is 262 g/mol. The maximum Gasteiger partial charge on any atom is 0.234 e. The predicted octanol–water partition coefficient (Wildman–Crippen LogP) is 0.0521. The van der Waals surface area contributed by atoms with E-state index in [1.165, 1.54) is 0 Å². The molecule has 1 atom stereocenters. The number of ketones is 1. The molecule has 1 heterocycles. The van der Waals surface area contributed by atoms with Gasteiger partial charge in [-0.1, -0.05) is 30.3 Å². The van der Waals surface area contributed by atoms with Gasteiger partial charge in [-0.05, 0) is 6.42 Å². The number of benzene rings is 1. The van der Waals surface area contributed by atoms with Crippen molar-refractivity contribution in [3.8, 4) is 0 Å². The lowest BCUT2D eigenvalue weighted by Crippen LogP contribution is -2.38. The number of hydrogen-bond acceptors (Lipinski definition) is 4. The first-order valence-corrected chi connectivity index (χ1v) is 6.40. The second-order valence-corrected chi connectivity index (χ2v) is 4.74. The lowest BCUT2D eigenvalue weighted by Gasteiger charge is -2.14. The van der Waals surface area contributed by atoms with Gasteiger partial charge in [0.15, 0.2) is 5.78 Å². The fourth-order valence-electron chi connectivity index (χ4n) is 2.12. The first-order chi connectivity index (χ1) is 9.15. The summed E-state index contributed by atoms with van der Waals surface area (Å²) in [5, 5.41) is 12.0. The van der Waals surface area contributed by atoms with E-state index in [1.807, 2.05) is 11.0 Å². The highest BCUT2D eigenvalue weighted by atomic mass is 16.3. The number of nitrogens with one attached hydrogen (secondary N) is 1. The smallest absolute Gasteiger partial charge is 0.234 e. The van der Waals surface area contributed by atoms with E-state index in [-0.39, 0.29) is 30.9 Å². The normalized spacial score (nSPS) is 19.3. The van der Waals surface area contributed by atoms with Gasteiger partial charge in [-0.3, -0.25) is 14.5 Å². The number of aliphatic hydroxyl groups excluding tert-OH is 1. The maximum absolute atomic E-state index is 11.8. The Morgan fingerprint density at radius 1 is 1.32 bits per heavy atom. The molecule has 2 N–H and O–H groups in total. The molecule has 0 bridgehead atoms. The second-order valence-electron chi connectivity index (χ2n) is 4.74. The van der Waals surface area contributed by atoms with Crippen molar-refractivity contribution in [2.75, 3.05) is 26.2 Å². The van der Waals surface area contributed by atoms with Crippen LogP contribution in [0.1, 0.15) is 16.8 Å². The predicted molar refractivity (Wildman–Crippen MR) is 70.8 cm³/mol. The Kier molecular flexibility index (Phi) is 4.65. The number of likely N-dealkylation sites (tertiary alicyclic amines) is 1. The third-order valence-electron chi connectivity index (χ3n) is 3.16. The molecule has 1 aliphatic rings. The van der Waals surface area contributed by atoms with Crippen molar-refractivity contribution in [2.24, 2.45) is 0 Å². The van der Waals surface area contributed by atoms with Crippen LogP contribution in [0.3, 0.4) is 0 Å². The zero-order valence-electron chi connectivity index (χ0n) is 10.7. The van der Waals surface area contributed by atoms with E-state index in [1.54, 1.807) is 24.3 Å². The topological polar surface area (TPSA) is 69.6 Å². The van der Waals surface area contributed by atoms with Crippen molar-refractivity contribution >= 4 is 11.7 Å². The van der Waals surface area contributed by atoms with Gasteiger partial charge in [-0.15, -0.1) is 0 Å². The third kappa shape index (κ3) is 4.15. The lowest BCUT2D eigenvalue weighted by molar-refractivity contribution is -0.121. The van der Waals surface area contributed by atoms with Gasteiger partial charge in [0.2, 0.25) is 5.91 Å². The summed E-state index contributed by atoms with van der Waals surface area (Å²) in [7, 11) is 0. The number of rotatable bonds is 5. The van der Waals surface area contributed by atoms with Gasteiger partial charge in [0.25, 0.3) is 0 Å². The summed E-state index contributed by atoms with van der Waals surface area (Å²) >= 11 is 0. The zero-order chi connectivity index (χ0) is 13.7. The Morgan fingerprint density at radius 3 is 2.68 bits per heavy atom. The zero-order valence-corrected chi connectivity index (χ0v) is 10.7. The van der Waals surface area contributed by atoms with Crippen LogP contribution in [0, 0.1) is 0 Å². The molecule has 0 spiro atoms. The molecular weight excluding hydrogens is 244 g/mol. The number of carbonyl (C=O) groups is 2. The number of hydrogen-bond donors (Lipinski definition) is 2. The minimum Gasteiger partial charge on any atom is -0.392 e. The average Bonchev–Trinajstić information content (AvgIpc) is 2.82. The van der Waals surface area contributed by atoms with Crippen molar-refractivity contribution in [3.63, 3.8) is 0 Å². The number of aliphatic hydroxyl groups is 1. The number of carbonyl (C=O) groups excluding carboxylic acids is 2. The van der Waals surface area contributed by atoms with Gasteiger partial charge < -0.3 is 10.4 Å². The minimum absolute atomic E-state index is 0.0131. The number of β-amino-alcohol motifs (C(OH)–C–C–N with tert-alkyl or cyclic N) is 1. The molecule has 0 saturated carbocycles. The minimum atomic E-state index is -0.334. The first kappa shape index (κ1) is 13.7. The van der Waals surface area contributed by atoms with Gasteiger partial charge in [-0.2, -0.15) is 0 Å². The van der Waals surface area contributed by atoms with E-state index in [2.05, 4.69) is 5.32 Å². The maximum atomic E-state index is 11.8. The van der Waals surface area contributed by atoms with E-state index in [0.717, 1.165) is 6.54 Å². The molecule has 19 heavy (non-hydrogen) atoms. The van der Waals surface area contributed by atoms with Gasteiger partial charge in [0.1, 0.15) is 0 Å². The molecule has 1 aromatic rings. The Morgan fingerprint density at radius 2 is 2.05 bits per heavy atom. The Labute approximate surface area is 112 Å². The molecule has 0 aliphatic carbocycles. The highest BCUT2D eigenvalue weighted by Gasteiger charge is 2.22. The Hall–Kier alpha value is -1.72. The van der Waals surface area contributed by atoms with Crippen LogP contribution in [0.5, 0.6) is 0 Å². The fourth-order valence-corrected chi connectivity index (χ4v) is 2.12. The highest BCUT2D eigenvalue weighted by molar-refractivity contribution is 5.99. The van der Waals surface area contributed by atoms with Crippen LogP contribution >= 0.6 is 0 Å². The summed E-state index contributed by atoms with van der Waals surface area (Å²) in [6.45, 7) is 1.50. The van der Waals surface area contributed by atoms with Gasteiger partial charge in [0, 0.05) is 18.7 Å². The van der Waals surface area contributed by atoms with Crippen molar-refractivity contribution in [2.45, 2.75) is 12.5 Å². The molecule has 1 amide bonds. The van der Waals surface area contributed by atoms with Crippen molar-refractivity contribution in [1.82, 2.24) is 10.2 Å². The SMILES string of the molecule is O=C(CN1CCC(O)C1)NCC(=O)c1ccccc1. The highest BCUT2D eigenvalue weighted by Crippen LogP contribution is 2.07. The van der Waals surface area contributed by atoms with Crippen LogP contribution in [0.15, 0.2) is 30.3 Å². The molecule has 5 nitrogen and oxygen atoms in total. The molecule has 1 saturated heterocycles. The third-order valence-corrected chi connectivity index (χ3v) is 3.16. The standard InChI is InChI=1S/C14H18N2O3/c17-12-6-7-16(9-12)10-14(19)15-8-13(18)11-4-2-1-3-5-11/h1-5,12,17H,6-10H2,(H,15,19). The summed E-state index contributed by atoms with van der Waals surface area (Å²) in [5.74, 6) is -0.284. The Bertz CT molecular complexity index is 447. The Balaban J connectivity index is 1.73. The summed E-state index contributed by atoms with van der Waals surface area (Å²) in [5.41, 5.74) is 0.597. The molecule has 0 radical (unpaired) electrons. The molecule has 102 valence electrons. The van der Waals surface area contributed by atoms with Crippen molar-refractivity contribution in [3.05, 3.63) is 35.9 Å². The molecule has 2 rings (SSSR count). The van der Waals surface area contributed by atoms with Crippen LogP contribution in [-0.2, 0) is 4.79 Å². The quantitative estimate of drug-likeness (QED) is 0.736. The molecule has 1 fully saturated rings. The first-order valence-electron chi connectivity index (χ1n) is 6.40. The van der Waals surface area contributed by atoms with Crippen LogP contribution in [0.25, 0.3) is 0 Å². The van der Waals surface area contributed by atoms with Gasteiger partial charge >= 0.3 is 0 Å². The number of nitrogens with zero attached hydrogens (tertiary/aromatic N) is 1. The van der Waals surface area contributed by atoms with Crippen LogP contribution in [0.2, 0.25) is 0 Å². The lowest BCUT2D eigenvalue weighted by atomic mass is 10.1. The van der Waals surface area contributed by atoms with E-state index in [9.17, 15) is 14.7 Å². The van der Waals surface area contributed by atoms with Crippen LogP contribution < -0.4 is 5.32 Å². The summed E-state index contributed by atoms with van der Waals surface area (Å²) in [4.78, 5) is 25.3. The molecule has 0 aromatic heterocycles. The van der Waals surface area contributed by atoms with E-state index >= 15 is 0 Å². The van der Waals surface area contributed by atoms with E-state index < -0.39 is 0 Å². The van der Waals surface area contributed by atoms with Crippen molar-refractivity contribution in [1.29, 1.82) is 0 Å². The molecule has 1 aromatic carbocycles.